The molecule has 2 saturated carbocycles. The van der Waals surface area contributed by atoms with Crippen LogP contribution in [0.15, 0.2) is 26.3 Å². The van der Waals surface area contributed by atoms with Gasteiger partial charge in [0, 0.05) is 5.71 Å². The molecule has 1 aromatic rings. The summed E-state index contributed by atoms with van der Waals surface area (Å²) in [5.41, 5.74) is 3.73. The van der Waals surface area contributed by atoms with Gasteiger partial charge in [-0.15, -0.1) is 0 Å². The third kappa shape index (κ3) is 2.16. The molecule has 2 aliphatic rings. The van der Waals surface area contributed by atoms with E-state index in [9.17, 15) is 4.79 Å². The number of carbonyl (C=O) groups is 1. The molecule has 90 valence electrons. The predicted octanol–water partition coefficient (Wildman–Crippen LogP) is 2.95. The maximum atomic E-state index is 11.7. The van der Waals surface area contributed by atoms with Crippen LogP contribution >= 0.6 is 15.9 Å². The largest absolute Gasteiger partial charge is 0.444 e. The number of fused-ring (bicyclic) bond motifs is 2. The molecule has 1 heterocycles. The second-order valence-electron chi connectivity index (χ2n) is 4.73. The number of nitrogens with one attached hydrogen (secondary N) is 1. The molecule has 17 heavy (non-hydrogen) atoms. The van der Waals surface area contributed by atoms with Gasteiger partial charge < -0.3 is 4.42 Å². The lowest BCUT2D eigenvalue weighted by molar-refractivity contribution is 0.0925. The van der Waals surface area contributed by atoms with E-state index in [4.69, 9.17) is 4.42 Å². The molecular weight excluding hydrogens is 284 g/mol. The Bertz CT molecular complexity index is 481. The van der Waals surface area contributed by atoms with E-state index < -0.39 is 0 Å². The Morgan fingerprint density at radius 3 is 2.94 bits per heavy atom. The number of nitrogens with zero attached hydrogens (tertiary/aromatic N) is 1. The van der Waals surface area contributed by atoms with Crippen LogP contribution in [0.4, 0.5) is 0 Å². The normalized spacial score (nSPS) is 28.9. The number of hydrazone groups is 1. The molecule has 0 unspecified atom stereocenters. The summed E-state index contributed by atoms with van der Waals surface area (Å²) < 4.78 is 5.71. The second kappa shape index (κ2) is 4.29. The summed E-state index contributed by atoms with van der Waals surface area (Å²) in [5.74, 6) is 1.40. The summed E-state index contributed by atoms with van der Waals surface area (Å²) in [6.07, 6.45) is 4.85. The Morgan fingerprint density at radius 2 is 2.35 bits per heavy atom. The molecule has 4 nitrogen and oxygen atoms in total. The number of hydrogen-bond donors (Lipinski definition) is 1. The van der Waals surface area contributed by atoms with Crippen molar-refractivity contribution < 1.29 is 9.21 Å². The van der Waals surface area contributed by atoms with Gasteiger partial charge in [0.15, 0.2) is 10.4 Å². The van der Waals surface area contributed by atoms with E-state index in [0.29, 0.717) is 10.6 Å². The zero-order chi connectivity index (χ0) is 11.8. The lowest BCUT2D eigenvalue weighted by Gasteiger charge is -2.11. The quantitative estimate of drug-likeness (QED) is 0.853. The Balaban J connectivity index is 1.64. The van der Waals surface area contributed by atoms with Crippen LogP contribution in [0.3, 0.4) is 0 Å². The van der Waals surface area contributed by atoms with Crippen LogP contribution in [-0.4, -0.2) is 11.6 Å². The molecule has 0 spiro atoms. The predicted molar refractivity (Wildman–Crippen MR) is 66.8 cm³/mol. The minimum Gasteiger partial charge on any atom is -0.444 e. The van der Waals surface area contributed by atoms with Gasteiger partial charge in [0.05, 0.1) is 0 Å². The number of carbonyl (C=O) groups excluding carboxylic acids is 1. The van der Waals surface area contributed by atoms with E-state index in [1.165, 1.54) is 19.3 Å². The first-order chi connectivity index (χ1) is 8.22. The molecule has 1 aromatic heterocycles. The first-order valence-electron chi connectivity index (χ1n) is 5.84. The van der Waals surface area contributed by atoms with Gasteiger partial charge >= 0.3 is 5.91 Å². The zero-order valence-corrected chi connectivity index (χ0v) is 10.9. The standard InChI is InChI=1S/C12H13BrN2O2/c13-11-4-3-10(17-11)12(16)15-14-9-6-7-1-2-8(9)5-7/h3-4,7-8H,1-2,5-6H2,(H,15,16)/b14-9-/t7-,8+/m0/s1. The van der Waals surface area contributed by atoms with Crippen molar-refractivity contribution in [3.63, 3.8) is 0 Å². The Kier molecular flexibility index (Phi) is 2.78. The van der Waals surface area contributed by atoms with Crippen molar-refractivity contribution in [2.45, 2.75) is 25.7 Å². The lowest BCUT2D eigenvalue weighted by atomic mass is 9.99. The Labute approximate surface area is 108 Å². The van der Waals surface area contributed by atoms with Crippen LogP contribution in [-0.2, 0) is 0 Å². The van der Waals surface area contributed by atoms with Gasteiger partial charge in [0.2, 0.25) is 0 Å². The first kappa shape index (κ1) is 11.0. The summed E-state index contributed by atoms with van der Waals surface area (Å²) in [4.78, 5) is 11.7. The van der Waals surface area contributed by atoms with E-state index in [-0.39, 0.29) is 11.7 Å². The van der Waals surface area contributed by atoms with Crippen molar-refractivity contribution in [2.75, 3.05) is 0 Å². The highest BCUT2D eigenvalue weighted by Crippen LogP contribution is 2.42. The van der Waals surface area contributed by atoms with E-state index >= 15 is 0 Å². The molecule has 0 saturated heterocycles. The van der Waals surface area contributed by atoms with Crippen molar-refractivity contribution in [3.05, 3.63) is 22.6 Å². The van der Waals surface area contributed by atoms with Gasteiger partial charge in [-0.1, -0.05) is 0 Å². The average Bonchev–Trinajstić information content (AvgIpc) is 3.01. The molecule has 5 heteroatoms. The van der Waals surface area contributed by atoms with Gasteiger partial charge in [0.1, 0.15) is 0 Å². The topological polar surface area (TPSA) is 54.6 Å². The van der Waals surface area contributed by atoms with E-state index in [1.807, 2.05) is 0 Å². The molecule has 2 aliphatic carbocycles. The van der Waals surface area contributed by atoms with Crippen molar-refractivity contribution in [1.82, 2.24) is 5.43 Å². The summed E-state index contributed by atoms with van der Waals surface area (Å²) in [6.45, 7) is 0. The maximum absolute atomic E-state index is 11.7. The molecule has 0 radical (unpaired) electrons. The molecule has 2 fully saturated rings. The molecule has 0 aromatic carbocycles. The van der Waals surface area contributed by atoms with E-state index in [1.54, 1.807) is 12.1 Å². The van der Waals surface area contributed by atoms with Crippen LogP contribution in [0.1, 0.15) is 36.2 Å². The van der Waals surface area contributed by atoms with Gasteiger partial charge in [-0.25, -0.2) is 5.43 Å². The van der Waals surface area contributed by atoms with E-state index in [0.717, 1.165) is 18.1 Å². The van der Waals surface area contributed by atoms with Gasteiger partial charge in [-0.2, -0.15) is 5.10 Å². The average molecular weight is 297 g/mol. The molecule has 1 amide bonds. The lowest BCUT2D eigenvalue weighted by Crippen LogP contribution is -2.21. The fraction of sp³-hybridized carbons (Fsp3) is 0.500. The molecular formula is C12H13BrN2O2. The smallest absolute Gasteiger partial charge is 0.307 e. The maximum Gasteiger partial charge on any atom is 0.307 e. The highest BCUT2D eigenvalue weighted by Gasteiger charge is 2.36. The molecule has 2 bridgehead atoms. The van der Waals surface area contributed by atoms with Crippen molar-refractivity contribution in [3.8, 4) is 0 Å². The summed E-state index contributed by atoms with van der Waals surface area (Å²) in [6, 6.07) is 3.32. The third-order valence-corrected chi connectivity index (χ3v) is 4.03. The summed E-state index contributed by atoms with van der Waals surface area (Å²) >= 11 is 3.16. The monoisotopic (exact) mass is 296 g/mol. The fourth-order valence-corrected chi connectivity index (χ4v) is 3.08. The summed E-state index contributed by atoms with van der Waals surface area (Å²) in [5, 5.41) is 4.23. The van der Waals surface area contributed by atoms with Crippen LogP contribution in [0.2, 0.25) is 0 Å². The van der Waals surface area contributed by atoms with E-state index in [2.05, 4.69) is 26.5 Å². The van der Waals surface area contributed by atoms with Crippen molar-refractivity contribution in [2.24, 2.45) is 16.9 Å². The minimum absolute atomic E-state index is 0.282. The highest BCUT2D eigenvalue weighted by molar-refractivity contribution is 9.10. The number of rotatable bonds is 2. The SMILES string of the molecule is O=C(N/N=C1/C[C@H]2CC[C@@H]1C2)c1ccc(Br)o1. The minimum atomic E-state index is -0.286. The molecule has 0 aliphatic heterocycles. The van der Waals surface area contributed by atoms with Crippen LogP contribution in [0, 0.1) is 11.8 Å². The molecule has 1 N–H and O–H groups in total. The number of furan rings is 1. The Morgan fingerprint density at radius 1 is 1.47 bits per heavy atom. The fourth-order valence-electron chi connectivity index (χ4n) is 2.78. The second-order valence-corrected chi connectivity index (χ2v) is 5.51. The van der Waals surface area contributed by atoms with Gasteiger partial charge in [-0.05, 0) is 65.6 Å². The highest BCUT2D eigenvalue weighted by atomic mass is 79.9. The molecule has 2 atom stereocenters. The van der Waals surface area contributed by atoms with Crippen LogP contribution in [0.5, 0.6) is 0 Å². The summed E-state index contributed by atoms with van der Waals surface area (Å²) in [7, 11) is 0. The van der Waals surface area contributed by atoms with Crippen LogP contribution in [0.25, 0.3) is 0 Å². The first-order valence-corrected chi connectivity index (χ1v) is 6.64. The van der Waals surface area contributed by atoms with Crippen LogP contribution < -0.4 is 5.43 Å². The molecule has 3 rings (SSSR count). The number of amides is 1. The van der Waals surface area contributed by atoms with Crippen molar-refractivity contribution in [1.29, 1.82) is 0 Å². The van der Waals surface area contributed by atoms with Gasteiger partial charge in [-0.3, -0.25) is 4.79 Å². The zero-order valence-electron chi connectivity index (χ0n) is 9.28. The Hall–Kier alpha value is -1.10. The number of halogens is 1. The third-order valence-electron chi connectivity index (χ3n) is 3.61. The van der Waals surface area contributed by atoms with Crippen molar-refractivity contribution >= 4 is 27.5 Å². The van der Waals surface area contributed by atoms with Gasteiger partial charge in [0.25, 0.3) is 0 Å². The number of hydrogen-bond acceptors (Lipinski definition) is 3.